The number of thiazole rings is 1. The topological polar surface area (TPSA) is 68.7 Å². The molecule has 3 aromatic rings. The number of halogens is 2. The summed E-state index contributed by atoms with van der Waals surface area (Å²) in [5, 5.41) is 3.01. The molecule has 1 aliphatic rings. The fourth-order valence-corrected chi connectivity index (χ4v) is 7.38. The molecule has 0 aliphatic carbocycles. The van der Waals surface area contributed by atoms with Crippen molar-refractivity contribution in [2.75, 3.05) is 32.2 Å². The average Bonchev–Trinajstić information content (AvgIpc) is 3.31. The second-order valence-corrected chi connectivity index (χ2v) is 11.7. The van der Waals surface area contributed by atoms with Crippen LogP contribution in [0.2, 0.25) is 10.0 Å². The monoisotopic (exact) mass is 526 g/mol. The molecule has 0 saturated carbocycles. The minimum atomic E-state index is -3.55. The predicted octanol–water partition coefficient (Wildman–Crippen LogP) is 5.89. The van der Waals surface area contributed by atoms with Gasteiger partial charge in [0.15, 0.2) is 26.5 Å². The first kappa shape index (κ1) is 24.1. The number of benzene rings is 2. The van der Waals surface area contributed by atoms with Crippen LogP contribution in [-0.4, -0.2) is 46.0 Å². The average molecular weight is 527 g/mol. The van der Waals surface area contributed by atoms with Gasteiger partial charge in [0.25, 0.3) is 0 Å². The zero-order valence-corrected chi connectivity index (χ0v) is 21.6. The van der Waals surface area contributed by atoms with Gasteiger partial charge in [-0.1, -0.05) is 23.2 Å². The minimum Gasteiger partial charge on any atom is -0.493 e. The quantitative estimate of drug-likeness (QED) is 0.399. The molecule has 10 heteroatoms. The first-order valence-electron chi connectivity index (χ1n) is 10.4. The van der Waals surface area contributed by atoms with E-state index in [0.29, 0.717) is 48.0 Å². The lowest BCUT2D eigenvalue weighted by Crippen LogP contribution is -2.39. The number of hydrogen-bond donors (Lipinski definition) is 0. The molecule has 6 nitrogen and oxygen atoms in total. The largest absolute Gasteiger partial charge is 0.493 e. The molecule has 33 heavy (non-hydrogen) atoms. The Morgan fingerprint density at radius 2 is 1.73 bits per heavy atom. The molecule has 0 bridgehead atoms. The number of methoxy groups -OCH3 is 2. The Bertz CT molecular complexity index is 1270. The maximum Gasteiger partial charge on any atom is 0.185 e. The van der Waals surface area contributed by atoms with E-state index in [1.54, 1.807) is 38.5 Å². The standard InChI is InChI=1S/C23H24Cl2N2O4S2/c1-14-10-22(18(25)12-17(14)24)33(28,29)16-6-8-27(9-7-16)23-26-19(13-32-23)15-4-5-20(30-2)21(11-15)31-3/h4-5,10-13,16H,6-9H2,1-3H3. The molecule has 0 spiro atoms. The first-order chi connectivity index (χ1) is 15.7. The first-order valence-corrected chi connectivity index (χ1v) is 13.5. The van der Waals surface area contributed by atoms with Gasteiger partial charge in [0.2, 0.25) is 0 Å². The summed E-state index contributed by atoms with van der Waals surface area (Å²) in [6.07, 6.45) is 1.01. The van der Waals surface area contributed by atoms with Gasteiger partial charge in [0.1, 0.15) is 0 Å². The van der Waals surface area contributed by atoms with Crippen molar-refractivity contribution in [3.05, 3.63) is 51.3 Å². The summed E-state index contributed by atoms with van der Waals surface area (Å²) in [4.78, 5) is 7.07. The molecule has 2 aromatic carbocycles. The number of hydrogen-bond acceptors (Lipinski definition) is 7. The molecular formula is C23H24Cl2N2O4S2. The van der Waals surface area contributed by atoms with Gasteiger partial charge < -0.3 is 14.4 Å². The Labute approximate surface area is 208 Å². The van der Waals surface area contributed by atoms with Crippen LogP contribution in [0.25, 0.3) is 11.3 Å². The van der Waals surface area contributed by atoms with E-state index < -0.39 is 15.1 Å². The van der Waals surface area contributed by atoms with Gasteiger partial charge >= 0.3 is 0 Å². The summed E-state index contributed by atoms with van der Waals surface area (Å²) in [6, 6.07) is 8.77. The number of ether oxygens (including phenoxy) is 2. The highest BCUT2D eigenvalue weighted by Crippen LogP contribution is 2.37. The van der Waals surface area contributed by atoms with E-state index in [1.165, 1.54) is 6.07 Å². The van der Waals surface area contributed by atoms with Crippen LogP contribution in [0.3, 0.4) is 0 Å². The zero-order chi connectivity index (χ0) is 23.8. The van der Waals surface area contributed by atoms with Crippen molar-refractivity contribution in [1.82, 2.24) is 4.98 Å². The molecule has 4 rings (SSSR count). The lowest BCUT2D eigenvalue weighted by molar-refractivity contribution is 0.355. The van der Waals surface area contributed by atoms with E-state index in [9.17, 15) is 8.42 Å². The Morgan fingerprint density at radius 1 is 1.03 bits per heavy atom. The number of rotatable bonds is 6. The molecule has 1 aromatic heterocycles. The third kappa shape index (κ3) is 4.80. The van der Waals surface area contributed by atoms with Gasteiger partial charge in [-0.3, -0.25) is 0 Å². The summed E-state index contributed by atoms with van der Waals surface area (Å²) in [5.41, 5.74) is 2.47. The molecule has 176 valence electrons. The van der Waals surface area contributed by atoms with E-state index in [2.05, 4.69) is 4.90 Å². The van der Waals surface area contributed by atoms with Crippen molar-refractivity contribution in [1.29, 1.82) is 0 Å². The van der Waals surface area contributed by atoms with Crippen molar-refractivity contribution in [3.8, 4) is 22.8 Å². The second-order valence-electron chi connectivity index (χ2n) is 7.85. The lowest BCUT2D eigenvalue weighted by atomic mass is 10.1. The molecule has 0 amide bonds. The van der Waals surface area contributed by atoms with Crippen LogP contribution in [0.5, 0.6) is 11.5 Å². The third-order valence-corrected chi connectivity index (χ3v) is 9.88. The Morgan fingerprint density at radius 3 is 2.39 bits per heavy atom. The van der Waals surface area contributed by atoms with Gasteiger partial charge in [-0.15, -0.1) is 11.3 Å². The highest BCUT2D eigenvalue weighted by atomic mass is 35.5. The molecule has 1 saturated heterocycles. The summed E-state index contributed by atoms with van der Waals surface area (Å²) >= 11 is 13.9. The fourth-order valence-electron chi connectivity index (χ4n) is 3.92. The van der Waals surface area contributed by atoms with Gasteiger partial charge in [-0.05, 0) is 55.7 Å². The second kappa shape index (κ2) is 9.70. The number of piperidine rings is 1. The molecule has 1 fully saturated rings. The Hall–Kier alpha value is -2.00. The fraction of sp³-hybridized carbons (Fsp3) is 0.348. The highest BCUT2D eigenvalue weighted by Gasteiger charge is 2.33. The van der Waals surface area contributed by atoms with Crippen LogP contribution in [0, 0.1) is 6.92 Å². The maximum atomic E-state index is 13.2. The van der Waals surface area contributed by atoms with Crippen molar-refractivity contribution >= 4 is 49.5 Å². The van der Waals surface area contributed by atoms with E-state index in [0.717, 1.165) is 16.4 Å². The summed E-state index contributed by atoms with van der Waals surface area (Å²) < 4.78 is 37.2. The van der Waals surface area contributed by atoms with Gasteiger partial charge in [0, 0.05) is 29.1 Å². The number of aromatic nitrogens is 1. The molecule has 1 aliphatic heterocycles. The van der Waals surface area contributed by atoms with E-state index in [1.807, 2.05) is 23.6 Å². The van der Waals surface area contributed by atoms with Gasteiger partial charge in [-0.25, -0.2) is 13.4 Å². The van der Waals surface area contributed by atoms with Crippen molar-refractivity contribution in [2.24, 2.45) is 0 Å². The number of sulfone groups is 1. The Balaban J connectivity index is 1.48. The molecular weight excluding hydrogens is 503 g/mol. The number of anilines is 1. The van der Waals surface area contributed by atoms with E-state index in [-0.39, 0.29) is 9.92 Å². The van der Waals surface area contributed by atoms with Crippen molar-refractivity contribution in [2.45, 2.75) is 29.9 Å². The molecule has 0 atom stereocenters. The van der Waals surface area contributed by atoms with Crippen LogP contribution in [-0.2, 0) is 9.84 Å². The van der Waals surface area contributed by atoms with Gasteiger partial charge in [0.05, 0.1) is 35.1 Å². The number of aryl methyl sites for hydroxylation is 1. The molecule has 0 unspecified atom stereocenters. The maximum absolute atomic E-state index is 13.2. The summed E-state index contributed by atoms with van der Waals surface area (Å²) in [6.45, 7) is 2.98. The van der Waals surface area contributed by atoms with Crippen LogP contribution in [0.15, 0.2) is 40.6 Å². The summed E-state index contributed by atoms with van der Waals surface area (Å²) in [7, 11) is -0.346. The minimum absolute atomic E-state index is 0.162. The Kier molecular flexibility index (Phi) is 7.09. The smallest absolute Gasteiger partial charge is 0.185 e. The predicted molar refractivity (Wildman–Crippen MR) is 134 cm³/mol. The molecule has 0 radical (unpaired) electrons. The van der Waals surface area contributed by atoms with Crippen LogP contribution in [0.4, 0.5) is 5.13 Å². The van der Waals surface area contributed by atoms with Crippen LogP contribution < -0.4 is 14.4 Å². The molecule has 0 N–H and O–H groups in total. The van der Waals surface area contributed by atoms with E-state index >= 15 is 0 Å². The third-order valence-electron chi connectivity index (χ3n) is 5.84. The molecule has 2 heterocycles. The van der Waals surface area contributed by atoms with Crippen molar-refractivity contribution < 1.29 is 17.9 Å². The van der Waals surface area contributed by atoms with Gasteiger partial charge in [-0.2, -0.15) is 0 Å². The SMILES string of the molecule is COc1ccc(-c2csc(N3CCC(S(=O)(=O)c4cc(C)c(Cl)cc4Cl)CC3)n2)cc1OC. The van der Waals surface area contributed by atoms with Crippen molar-refractivity contribution in [3.63, 3.8) is 0 Å². The van der Waals surface area contributed by atoms with E-state index in [4.69, 9.17) is 37.7 Å². The number of nitrogens with zero attached hydrogens (tertiary/aromatic N) is 2. The normalized spacial score (nSPS) is 15.0. The highest BCUT2D eigenvalue weighted by molar-refractivity contribution is 7.92. The van der Waals surface area contributed by atoms with Crippen LogP contribution >= 0.6 is 34.5 Å². The van der Waals surface area contributed by atoms with Crippen LogP contribution in [0.1, 0.15) is 18.4 Å². The zero-order valence-electron chi connectivity index (χ0n) is 18.5. The lowest BCUT2D eigenvalue weighted by Gasteiger charge is -2.31. The summed E-state index contributed by atoms with van der Waals surface area (Å²) in [5.74, 6) is 1.31.